The van der Waals surface area contributed by atoms with Crippen molar-refractivity contribution in [1.82, 2.24) is 5.32 Å². The van der Waals surface area contributed by atoms with Gasteiger partial charge in [-0.15, -0.1) is 0 Å². The number of fused-ring (bicyclic) bond motifs is 1. The minimum Gasteiger partial charge on any atom is -0.385 e. The Morgan fingerprint density at radius 3 is 2.86 bits per heavy atom. The first-order chi connectivity index (χ1) is 6.93. The fourth-order valence-corrected chi connectivity index (χ4v) is 2.18. The largest absolute Gasteiger partial charge is 0.385 e. The Bertz CT molecular complexity index is 331. The molecule has 1 atom stereocenters. The second-order valence-electron chi connectivity index (χ2n) is 4.30. The zero-order chi connectivity index (χ0) is 9.38. The highest BCUT2D eigenvalue weighted by molar-refractivity contribution is 5.54. The molecule has 2 heteroatoms. The summed E-state index contributed by atoms with van der Waals surface area (Å²) in [5, 5.41) is 7.16. The van der Waals surface area contributed by atoms with E-state index in [4.69, 9.17) is 0 Å². The van der Waals surface area contributed by atoms with Gasteiger partial charge in [0, 0.05) is 24.3 Å². The molecule has 1 fully saturated rings. The van der Waals surface area contributed by atoms with Crippen LogP contribution in [0.15, 0.2) is 24.3 Å². The zero-order valence-electron chi connectivity index (χ0n) is 8.29. The van der Waals surface area contributed by atoms with Crippen LogP contribution in [0.1, 0.15) is 30.9 Å². The van der Waals surface area contributed by atoms with Gasteiger partial charge in [-0.1, -0.05) is 18.2 Å². The van der Waals surface area contributed by atoms with E-state index in [1.807, 2.05) is 0 Å². The number of anilines is 1. The van der Waals surface area contributed by atoms with Crippen LogP contribution in [0.25, 0.3) is 0 Å². The molecule has 2 nitrogen and oxygen atoms in total. The van der Waals surface area contributed by atoms with Gasteiger partial charge in [-0.2, -0.15) is 0 Å². The molecule has 0 bridgehead atoms. The summed E-state index contributed by atoms with van der Waals surface area (Å²) in [6.07, 6.45) is 3.95. The molecular formula is C12H16N2. The van der Waals surface area contributed by atoms with Gasteiger partial charge in [0.05, 0.1) is 0 Å². The Balaban J connectivity index is 1.85. The highest BCUT2D eigenvalue weighted by atomic mass is 15.0. The molecule has 1 unspecified atom stereocenters. The van der Waals surface area contributed by atoms with Crippen LogP contribution in [0.2, 0.25) is 0 Å². The van der Waals surface area contributed by atoms with Crippen molar-refractivity contribution >= 4 is 5.69 Å². The minimum absolute atomic E-state index is 0.583. The molecule has 2 N–H and O–H groups in total. The Kier molecular flexibility index (Phi) is 1.95. The quantitative estimate of drug-likeness (QED) is 0.744. The summed E-state index contributed by atoms with van der Waals surface area (Å²) in [6, 6.07) is 10.0. The van der Waals surface area contributed by atoms with Crippen LogP contribution in [0.4, 0.5) is 5.69 Å². The van der Waals surface area contributed by atoms with Gasteiger partial charge in [0.2, 0.25) is 0 Å². The smallest absolute Gasteiger partial charge is 0.0388 e. The van der Waals surface area contributed by atoms with Crippen molar-refractivity contribution in [1.29, 1.82) is 0 Å². The third-order valence-electron chi connectivity index (χ3n) is 3.10. The first kappa shape index (κ1) is 8.30. The number of para-hydroxylation sites is 1. The average molecular weight is 188 g/mol. The average Bonchev–Trinajstić information content (AvgIpc) is 3.03. The summed E-state index contributed by atoms with van der Waals surface area (Å²) in [5.74, 6) is 0. The van der Waals surface area contributed by atoms with E-state index in [1.165, 1.54) is 30.5 Å². The van der Waals surface area contributed by atoms with Crippen LogP contribution in [-0.2, 0) is 0 Å². The van der Waals surface area contributed by atoms with E-state index < -0.39 is 0 Å². The fourth-order valence-electron chi connectivity index (χ4n) is 2.18. The first-order valence-electron chi connectivity index (χ1n) is 5.52. The third-order valence-corrected chi connectivity index (χ3v) is 3.10. The monoisotopic (exact) mass is 188 g/mol. The van der Waals surface area contributed by atoms with Gasteiger partial charge in [0.1, 0.15) is 0 Å². The van der Waals surface area contributed by atoms with E-state index in [0.29, 0.717) is 6.04 Å². The predicted molar refractivity (Wildman–Crippen MR) is 58.4 cm³/mol. The van der Waals surface area contributed by atoms with E-state index in [9.17, 15) is 0 Å². The summed E-state index contributed by atoms with van der Waals surface area (Å²) in [7, 11) is 0. The maximum atomic E-state index is 3.71. The lowest BCUT2D eigenvalue weighted by molar-refractivity contribution is 0.498. The fraction of sp³-hybridized carbons (Fsp3) is 0.500. The van der Waals surface area contributed by atoms with Gasteiger partial charge in [-0.25, -0.2) is 0 Å². The van der Waals surface area contributed by atoms with Gasteiger partial charge in [-0.3, -0.25) is 0 Å². The lowest BCUT2D eigenvalue weighted by Crippen LogP contribution is -2.29. The maximum Gasteiger partial charge on any atom is 0.0388 e. The second-order valence-corrected chi connectivity index (χ2v) is 4.30. The summed E-state index contributed by atoms with van der Waals surface area (Å²) in [4.78, 5) is 0. The Morgan fingerprint density at radius 1 is 1.14 bits per heavy atom. The summed E-state index contributed by atoms with van der Waals surface area (Å²) < 4.78 is 0. The van der Waals surface area contributed by atoms with Crippen LogP contribution >= 0.6 is 0 Å². The van der Waals surface area contributed by atoms with E-state index in [-0.39, 0.29) is 0 Å². The van der Waals surface area contributed by atoms with Gasteiger partial charge >= 0.3 is 0 Å². The SMILES string of the molecule is c1ccc2c(c1)NCCC2NC1CC1. The molecule has 1 heterocycles. The Hall–Kier alpha value is -1.02. The van der Waals surface area contributed by atoms with Crippen LogP contribution in [0.3, 0.4) is 0 Å². The van der Waals surface area contributed by atoms with Gasteiger partial charge in [-0.05, 0) is 30.9 Å². The molecule has 14 heavy (non-hydrogen) atoms. The topological polar surface area (TPSA) is 24.1 Å². The van der Waals surface area contributed by atoms with Gasteiger partial charge in [0.15, 0.2) is 0 Å². The van der Waals surface area contributed by atoms with E-state index in [2.05, 4.69) is 34.9 Å². The molecule has 0 saturated heterocycles. The molecular weight excluding hydrogens is 172 g/mol. The minimum atomic E-state index is 0.583. The molecule has 3 rings (SSSR count). The molecule has 0 aromatic heterocycles. The van der Waals surface area contributed by atoms with Crippen LogP contribution in [0.5, 0.6) is 0 Å². The highest BCUT2D eigenvalue weighted by Crippen LogP contribution is 2.32. The van der Waals surface area contributed by atoms with Crippen LogP contribution in [-0.4, -0.2) is 12.6 Å². The van der Waals surface area contributed by atoms with Crippen molar-refractivity contribution in [2.75, 3.05) is 11.9 Å². The molecule has 1 aliphatic carbocycles. The highest BCUT2D eigenvalue weighted by Gasteiger charge is 2.27. The lowest BCUT2D eigenvalue weighted by atomic mass is 9.98. The normalized spacial score (nSPS) is 25.3. The number of hydrogen-bond acceptors (Lipinski definition) is 2. The van der Waals surface area contributed by atoms with Crippen molar-refractivity contribution in [2.24, 2.45) is 0 Å². The lowest BCUT2D eigenvalue weighted by Gasteiger charge is -2.27. The van der Waals surface area contributed by atoms with Crippen molar-refractivity contribution < 1.29 is 0 Å². The number of benzene rings is 1. The van der Waals surface area contributed by atoms with Crippen molar-refractivity contribution in [2.45, 2.75) is 31.3 Å². The second kappa shape index (κ2) is 3.28. The summed E-state index contributed by atoms with van der Waals surface area (Å²) in [6.45, 7) is 1.10. The number of rotatable bonds is 2. The molecule has 0 radical (unpaired) electrons. The third kappa shape index (κ3) is 1.50. The van der Waals surface area contributed by atoms with Crippen molar-refractivity contribution in [3.05, 3.63) is 29.8 Å². The first-order valence-corrected chi connectivity index (χ1v) is 5.52. The van der Waals surface area contributed by atoms with Gasteiger partial charge in [0.25, 0.3) is 0 Å². The molecule has 1 aliphatic heterocycles. The van der Waals surface area contributed by atoms with Gasteiger partial charge < -0.3 is 10.6 Å². The van der Waals surface area contributed by atoms with E-state index in [0.717, 1.165) is 12.6 Å². The Morgan fingerprint density at radius 2 is 2.00 bits per heavy atom. The molecule has 74 valence electrons. The van der Waals surface area contributed by atoms with Crippen molar-refractivity contribution in [3.8, 4) is 0 Å². The molecule has 0 amide bonds. The number of hydrogen-bond donors (Lipinski definition) is 2. The van der Waals surface area contributed by atoms with E-state index >= 15 is 0 Å². The molecule has 2 aliphatic rings. The molecule has 1 saturated carbocycles. The van der Waals surface area contributed by atoms with Crippen LogP contribution < -0.4 is 10.6 Å². The summed E-state index contributed by atoms with van der Waals surface area (Å²) in [5.41, 5.74) is 2.77. The zero-order valence-corrected chi connectivity index (χ0v) is 8.29. The van der Waals surface area contributed by atoms with E-state index in [1.54, 1.807) is 0 Å². The maximum absolute atomic E-state index is 3.71. The summed E-state index contributed by atoms with van der Waals surface area (Å²) >= 11 is 0. The molecule has 1 aromatic carbocycles. The molecule has 0 spiro atoms. The van der Waals surface area contributed by atoms with Crippen molar-refractivity contribution in [3.63, 3.8) is 0 Å². The van der Waals surface area contributed by atoms with Crippen LogP contribution in [0, 0.1) is 0 Å². The predicted octanol–water partition coefficient (Wildman–Crippen LogP) is 2.30. The Labute approximate surface area is 84.7 Å². The number of nitrogens with one attached hydrogen (secondary N) is 2. The molecule has 1 aromatic rings. The standard InChI is InChI=1S/C12H16N2/c1-2-4-11-10(3-1)12(7-8-13-11)14-9-5-6-9/h1-4,9,12-14H,5-8H2.